The zero-order chi connectivity index (χ0) is 45.9. The van der Waals surface area contributed by atoms with Gasteiger partial charge in [-0.25, -0.2) is 15.0 Å². The number of para-hydroxylation sites is 2. The van der Waals surface area contributed by atoms with Crippen LogP contribution in [0.2, 0.25) is 0 Å². The molecule has 0 aliphatic heterocycles. The highest BCUT2D eigenvalue weighted by atomic mass is 16.3. The maximum atomic E-state index is 6.71. The smallest absolute Gasteiger partial charge is 0.164 e. The van der Waals surface area contributed by atoms with E-state index in [1.165, 1.54) is 33.0 Å². The molecule has 10 aromatic carbocycles. The van der Waals surface area contributed by atoms with Gasteiger partial charge in [0.1, 0.15) is 33.5 Å². The van der Waals surface area contributed by atoms with Crippen LogP contribution in [0.25, 0.3) is 150 Å². The summed E-state index contributed by atoms with van der Waals surface area (Å²) in [4.78, 5) is 16.1. The normalized spacial score (nSPS) is 12.0. The van der Waals surface area contributed by atoms with E-state index in [-0.39, 0.29) is 0 Å². The molecule has 0 atom stereocenters. The topological polar surface area (TPSA) is 83.0 Å². The van der Waals surface area contributed by atoms with Crippen LogP contribution in [0.3, 0.4) is 0 Å². The van der Waals surface area contributed by atoms with Crippen molar-refractivity contribution >= 4 is 87.6 Å². The molecule has 0 unspecified atom stereocenters. The highest BCUT2D eigenvalue weighted by molar-refractivity contribution is 6.16. The lowest BCUT2D eigenvalue weighted by atomic mass is 10.0. The first-order valence-corrected chi connectivity index (χ1v) is 23.4. The van der Waals surface area contributed by atoms with E-state index >= 15 is 0 Å². The fourth-order valence-corrected chi connectivity index (χ4v) is 10.7. The minimum absolute atomic E-state index is 0.520. The molecule has 0 bridgehead atoms. The molecule has 0 spiro atoms. The van der Waals surface area contributed by atoms with E-state index in [0.29, 0.717) is 17.5 Å². The van der Waals surface area contributed by atoms with Gasteiger partial charge in [0.25, 0.3) is 0 Å². The van der Waals surface area contributed by atoms with Crippen LogP contribution in [0.15, 0.2) is 232 Å². The third-order valence-electron chi connectivity index (χ3n) is 13.9. The van der Waals surface area contributed by atoms with E-state index in [1.807, 2.05) is 72.8 Å². The summed E-state index contributed by atoms with van der Waals surface area (Å²) in [6.07, 6.45) is 0. The Morgan fingerprint density at radius 1 is 0.271 bits per heavy atom. The second-order valence-electron chi connectivity index (χ2n) is 17.9. The predicted molar refractivity (Wildman–Crippen MR) is 283 cm³/mol. The lowest BCUT2D eigenvalue weighted by molar-refractivity contribution is 0.668. The van der Waals surface area contributed by atoms with Crippen molar-refractivity contribution in [3.05, 3.63) is 218 Å². The van der Waals surface area contributed by atoms with Gasteiger partial charge in [-0.2, -0.15) is 0 Å². The summed E-state index contributed by atoms with van der Waals surface area (Å²) in [5.41, 5.74) is 15.1. The minimum atomic E-state index is 0.520. The van der Waals surface area contributed by atoms with Gasteiger partial charge in [0.15, 0.2) is 17.5 Å². The Bertz CT molecular complexity index is 4370. The zero-order valence-electron chi connectivity index (χ0n) is 37.3. The summed E-state index contributed by atoms with van der Waals surface area (Å²) in [6.45, 7) is 0. The van der Waals surface area contributed by atoms with Crippen LogP contribution >= 0.6 is 0 Å². The SMILES string of the molecule is c1ccc(-c2ccc3c(c2)c2cc(-c4ccccc4)ccc2n3-c2ccc3oc4cccc(-c5nc(-c6cccc7oc8ccccc8c67)nc(-c6cccc7oc8ccccc8c67)n5)c4c3c2)cc1. The molecule has 326 valence electrons. The molecular weight excluding hydrogens is 861 g/mol. The van der Waals surface area contributed by atoms with E-state index in [4.69, 9.17) is 28.2 Å². The Hall–Kier alpha value is -9.59. The summed E-state index contributed by atoms with van der Waals surface area (Å²) in [5.74, 6) is 1.58. The average molecular weight is 897 g/mol. The monoisotopic (exact) mass is 896 g/mol. The van der Waals surface area contributed by atoms with E-state index in [1.54, 1.807) is 0 Å². The number of hydrogen-bond donors (Lipinski definition) is 0. The Morgan fingerprint density at radius 2 is 0.671 bits per heavy atom. The largest absolute Gasteiger partial charge is 0.456 e. The van der Waals surface area contributed by atoms with Gasteiger partial charge in [-0.05, 0) is 95.1 Å². The van der Waals surface area contributed by atoms with Crippen LogP contribution < -0.4 is 0 Å². The maximum absolute atomic E-state index is 6.71. The van der Waals surface area contributed by atoms with E-state index in [2.05, 4.69) is 150 Å². The van der Waals surface area contributed by atoms with Crippen LogP contribution in [0.1, 0.15) is 0 Å². The molecule has 0 radical (unpaired) electrons. The summed E-state index contributed by atoms with van der Waals surface area (Å²) in [7, 11) is 0. The van der Waals surface area contributed by atoms with Crippen molar-refractivity contribution in [2.45, 2.75) is 0 Å². The molecule has 15 aromatic rings. The molecular formula is C63H36N4O3. The van der Waals surface area contributed by atoms with Crippen molar-refractivity contribution in [1.29, 1.82) is 0 Å². The summed E-state index contributed by atoms with van der Waals surface area (Å²) < 4.78 is 21.9. The van der Waals surface area contributed by atoms with Gasteiger partial charge in [0.2, 0.25) is 0 Å². The van der Waals surface area contributed by atoms with Crippen LogP contribution in [0, 0.1) is 0 Å². The number of nitrogens with zero attached hydrogens (tertiary/aromatic N) is 4. The Labute approximate surface area is 399 Å². The van der Waals surface area contributed by atoms with E-state index < -0.39 is 0 Å². The third kappa shape index (κ3) is 5.85. The van der Waals surface area contributed by atoms with Gasteiger partial charge in [0.05, 0.1) is 11.0 Å². The molecule has 7 nitrogen and oxygen atoms in total. The summed E-state index contributed by atoms with van der Waals surface area (Å²) in [5, 5.41) is 8.11. The Balaban J connectivity index is 0.974. The number of hydrogen-bond acceptors (Lipinski definition) is 6. The molecule has 0 N–H and O–H groups in total. The Morgan fingerprint density at radius 3 is 1.14 bits per heavy atom. The van der Waals surface area contributed by atoms with Crippen molar-refractivity contribution < 1.29 is 13.3 Å². The van der Waals surface area contributed by atoms with Gasteiger partial charge in [-0.15, -0.1) is 0 Å². The average Bonchev–Trinajstić information content (AvgIpc) is 4.19. The maximum Gasteiger partial charge on any atom is 0.164 e. The first-order chi connectivity index (χ1) is 34.7. The van der Waals surface area contributed by atoms with Crippen molar-refractivity contribution in [2.75, 3.05) is 0 Å². The second kappa shape index (κ2) is 15.0. The molecule has 0 fully saturated rings. The van der Waals surface area contributed by atoms with Crippen molar-refractivity contribution in [3.63, 3.8) is 0 Å². The van der Waals surface area contributed by atoms with Crippen LogP contribution in [0.5, 0.6) is 0 Å². The van der Waals surface area contributed by atoms with Crippen molar-refractivity contribution in [2.24, 2.45) is 0 Å². The fraction of sp³-hybridized carbons (Fsp3) is 0. The van der Waals surface area contributed by atoms with Gasteiger partial charge in [0, 0.05) is 65.5 Å². The molecule has 7 heteroatoms. The van der Waals surface area contributed by atoms with Crippen molar-refractivity contribution in [3.8, 4) is 62.1 Å². The first-order valence-electron chi connectivity index (χ1n) is 23.4. The highest BCUT2D eigenvalue weighted by Crippen LogP contribution is 2.43. The number of rotatable bonds is 6. The highest BCUT2D eigenvalue weighted by Gasteiger charge is 2.23. The molecule has 15 rings (SSSR count). The number of fused-ring (bicyclic) bond motifs is 12. The Kier molecular flexibility index (Phi) is 8.23. The van der Waals surface area contributed by atoms with Gasteiger partial charge >= 0.3 is 0 Å². The van der Waals surface area contributed by atoms with Crippen LogP contribution in [-0.4, -0.2) is 19.5 Å². The second-order valence-corrected chi connectivity index (χ2v) is 17.9. The first kappa shape index (κ1) is 38.5. The lowest BCUT2D eigenvalue weighted by Gasteiger charge is -2.11. The van der Waals surface area contributed by atoms with Gasteiger partial charge in [-0.3, -0.25) is 0 Å². The number of furan rings is 3. The zero-order valence-corrected chi connectivity index (χ0v) is 37.3. The molecule has 0 saturated carbocycles. The molecule has 5 heterocycles. The fourth-order valence-electron chi connectivity index (χ4n) is 10.7. The lowest BCUT2D eigenvalue weighted by Crippen LogP contribution is -2.01. The predicted octanol–water partition coefficient (Wildman–Crippen LogP) is 17.0. The van der Waals surface area contributed by atoms with E-state index in [0.717, 1.165) is 99.2 Å². The quantitative estimate of drug-likeness (QED) is 0.165. The molecule has 0 aliphatic carbocycles. The molecule has 0 aliphatic rings. The van der Waals surface area contributed by atoms with Gasteiger partial charge < -0.3 is 17.8 Å². The number of benzene rings is 10. The number of aromatic nitrogens is 4. The van der Waals surface area contributed by atoms with Gasteiger partial charge in [-0.1, -0.05) is 146 Å². The molecule has 0 amide bonds. The van der Waals surface area contributed by atoms with Crippen molar-refractivity contribution in [1.82, 2.24) is 19.5 Å². The van der Waals surface area contributed by atoms with Crippen LogP contribution in [0.4, 0.5) is 0 Å². The summed E-state index contributed by atoms with van der Waals surface area (Å²) in [6, 6.07) is 75.8. The standard InChI is InChI=1S/C63H36N4O3/c1-3-14-37(15-4-1)39-28-31-50-47(34-39)48-35-40(38-16-5-2-6-17-38)29-32-51(48)67(50)41-30-33-54-49(36-41)60-46(22-13-27-57(60)70-54)63-65-61(44-20-11-25-55-58(44)42-18-7-9-23-52(42)68-55)64-62(66-63)45-21-12-26-56-59(45)43-19-8-10-24-53(43)69-56/h1-36H. The summed E-state index contributed by atoms with van der Waals surface area (Å²) >= 11 is 0. The van der Waals surface area contributed by atoms with E-state index in [9.17, 15) is 0 Å². The molecule has 0 saturated heterocycles. The minimum Gasteiger partial charge on any atom is -0.456 e. The molecule has 5 aromatic heterocycles. The third-order valence-corrected chi connectivity index (χ3v) is 13.9. The molecule has 70 heavy (non-hydrogen) atoms. The van der Waals surface area contributed by atoms with Crippen LogP contribution in [-0.2, 0) is 0 Å².